The summed E-state index contributed by atoms with van der Waals surface area (Å²) in [6.07, 6.45) is 0. The van der Waals surface area contributed by atoms with Gasteiger partial charge in [-0.2, -0.15) is 0 Å². The fourth-order valence-electron chi connectivity index (χ4n) is 8.33. The second-order valence-electron chi connectivity index (χ2n) is 13.8. The zero-order valence-corrected chi connectivity index (χ0v) is 28.9. The molecule has 0 saturated heterocycles. The Hall–Kier alpha value is -6.58. The molecule has 2 heterocycles. The van der Waals surface area contributed by atoms with Crippen molar-refractivity contribution in [3.63, 3.8) is 0 Å². The second kappa shape index (κ2) is 12.3. The van der Waals surface area contributed by atoms with Crippen LogP contribution in [0.1, 0.15) is 5.56 Å². The Balaban J connectivity index is 1.26. The van der Waals surface area contributed by atoms with Crippen molar-refractivity contribution in [2.45, 2.75) is 6.92 Å². The maximum atomic E-state index is 2.50. The Morgan fingerprint density at radius 2 is 0.692 bits per heavy atom. The Morgan fingerprint density at radius 1 is 0.327 bits per heavy atom. The molecule has 8 aromatic carbocycles. The molecule has 0 unspecified atom stereocenters. The molecule has 0 saturated carbocycles. The van der Waals surface area contributed by atoms with Gasteiger partial charge in [0, 0.05) is 34.1 Å². The number of rotatable bonds is 5. The summed E-state index contributed by atoms with van der Waals surface area (Å²) in [5.41, 5.74) is 19.7. The number of para-hydroxylation sites is 1. The first-order valence-electron chi connectivity index (χ1n) is 18.1. The Morgan fingerprint density at radius 3 is 1.15 bits per heavy atom. The van der Waals surface area contributed by atoms with Crippen LogP contribution < -0.4 is 26.2 Å². The van der Waals surface area contributed by atoms with E-state index in [1.807, 2.05) is 0 Å². The Bertz CT molecular complexity index is 2570. The molecule has 2 aliphatic heterocycles. The normalized spacial score (nSPS) is 12.6. The van der Waals surface area contributed by atoms with Crippen LogP contribution in [0.5, 0.6) is 0 Å². The van der Waals surface area contributed by atoms with Crippen LogP contribution in [-0.2, 0) is 0 Å². The molecule has 3 heteroatoms. The lowest BCUT2D eigenvalue weighted by Gasteiger charge is -2.44. The molecule has 0 bridgehead atoms. The van der Waals surface area contributed by atoms with Crippen LogP contribution in [0, 0.1) is 6.92 Å². The van der Waals surface area contributed by atoms with Gasteiger partial charge in [0.2, 0.25) is 0 Å². The first kappa shape index (κ1) is 30.3. The number of fused-ring (bicyclic) bond motifs is 4. The molecule has 0 spiro atoms. The largest absolute Gasteiger partial charge is 0.311 e. The first-order chi connectivity index (χ1) is 25.7. The van der Waals surface area contributed by atoms with E-state index in [0.29, 0.717) is 0 Å². The predicted octanol–water partition coefficient (Wildman–Crippen LogP) is 11.1. The molecule has 0 amide bonds. The topological polar surface area (TPSA) is 6.48 Å². The minimum atomic E-state index is 0.0303. The van der Waals surface area contributed by atoms with E-state index in [0.717, 1.165) is 11.4 Å². The van der Waals surface area contributed by atoms with E-state index >= 15 is 0 Å². The van der Waals surface area contributed by atoms with Crippen LogP contribution in [0.3, 0.4) is 0 Å². The van der Waals surface area contributed by atoms with Crippen LogP contribution in [0.25, 0.3) is 33.4 Å². The maximum Gasteiger partial charge on any atom is 0.252 e. The smallest absolute Gasteiger partial charge is 0.252 e. The van der Waals surface area contributed by atoms with Crippen molar-refractivity contribution in [2.24, 2.45) is 0 Å². The van der Waals surface area contributed by atoms with Gasteiger partial charge in [0.05, 0.1) is 0 Å². The van der Waals surface area contributed by atoms with E-state index in [4.69, 9.17) is 0 Å². The van der Waals surface area contributed by atoms with Crippen molar-refractivity contribution in [3.05, 3.63) is 200 Å². The molecule has 0 aromatic heterocycles. The standard InChI is InChI=1S/C49H35BN2/c1-34-30-47-49-48(31-34)52(42-26-22-38(23-27-42)35-14-6-2-7-15-35)46-29-25-40(37-18-10-4-11-19-37)33-44(46)50(49)43-32-39(36-16-8-3-9-17-36)24-28-45(43)51(47)41-20-12-5-13-21-41/h2-33H,1H3. The van der Waals surface area contributed by atoms with Crippen molar-refractivity contribution in [1.29, 1.82) is 0 Å². The summed E-state index contributed by atoms with van der Waals surface area (Å²) in [5, 5.41) is 0. The molecule has 0 atom stereocenters. The molecular formula is C49H35BN2. The van der Waals surface area contributed by atoms with E-state index in [9.17, 15) is 0 Å². The third kappa shape index (κ3) is 4.97. The lowest BCUT2D eigenvalue weighted by atomic mass is 9.33. The van der Waals surface area contributed by atoms with Gasteiger partial charge in [-0.25, -0.2) is 0 Å². The SMILES string of the molecule is Cc1cc2c3c(c1)N(c1ccc(-c4ccccc4)cc1)c1ccc(-c4ccccc4)cc1B3c1cc(-c3ccccc3)ccc1N2c1ccccc1. The summed E-state index contributed by atoms with van der Waals surface area (Å²) < 4.78 is 0. The molecule has 8 aromatic rings. The van der Waals surface area contributed by atoms with Gasteiger partial charge < -0.3 is 9.80 Å². The summed E-state index contributed by atoms with van der Waals surface area (Å²) >= 11 is 0. The Kier molecular flexibility index (Phi) is 7.18. The Labute approximate surface area is 306 Å². The van der Waals surface area contributed by atoms with E-state index in [2.05, 4.69) is 211 Å². The van der Waals surface area contributed by atoms with Gasteiger partial charge in [-0.05, 0) is 111 Å². The van der Waals surface area contributed by atoms with E-state index < -0.39 is 0 Å². The predicted molar refractivity (Wildman–Crippen MR) is 222 cm³/mol. The van der Waals surface area contributed by atoms with Crippen LogP contribution in [-0.4, -0.2) is 6.71 Å². The quantitative estimate of drug-likeness (QED) is 0.169. The minimum absolute atomic E-state index is 0.0303. The lowest BCUT2D eigenvalue weighted by molar-refractivity contribution is 1.24. The maximum absolute atomic E-state index is 2.50. The molecule has 0 N–H and O–H groups in total. The van der Waals surface area contributed by atoms with Gasteiger partial charge in [-0.3, -0.25) is 0 Å². The first-order valence-corrected chi connectivity index (χ1v) is 18.1. The highest BCUT2D eigenvalue weighted by Gasteiger charge is 2.43. The molecule has 244 valence electrons. The summed E-state index contributed by atoms with van der Waals surface area (Å²) in [6.45, 7) is 2.26. The lowest BCUT2D eigenvalue weighted by Crippen LogP contribution is -2.61. The third-order valence-corrected chi connectivity index (χ3v) is 10.7. The van der Waals surface area contributed by atoms with Gasteiger partial charge >= 0.3 is 0 Å². The van der Waals surface area contributed by atoms with Gasteiger partial charge in [-0.15, -0.1) is 0 Å². The molecule has 0 aliphatic carbocycles. The highest BCUT2D eigenvalue weighted by atomic mass is 15.2. The fourth-order valence-corrected chi connectivity index (χ4v) is 8.33. The zero-order chi connectivity index (χ0) is 34.6. The van der Waals surface area contributed by atoms with Crippen molar-refractivity contribution < 1.29 is 0 Å². The second-order valence-corrected chi connectivity index (χ2v) is 13.8. The molecule has 2 nitrogen and oxygen atoms in total. The van der Waals surface area contributed by atoms with Gasteiger partial charge in [-0.1, -0.05) is 146 Å². The van der Waals surface area contributed by atoms with Crippen molar-refractivity contribution in [3.8, 4) is 33.4 Å². The van der Waals surface area contributed by atoms with Crippen LogP contribution in [0.2, 0.25) is 0 Å². The van der Waals surface area contributed by atoms with Crippen molar-refractivity contribution in [1.82, 2.24) is 0 Å². The highest BCUT2D eigenvalue weighted by molar-refractivity contribution is 7.00. The average molecular weight is 663 g/mol. The van der Waals surface area contributed by atoms with Crippen LogP contribution in [0.4, 0.5) is 34.1 Å². The summed E-state index contributed by atoms with van der Waals surface area (Å²) in [4.78, 5) is 4.98. The zero-order valence-electron chi connectivity index (χ0n) is 28.9. The van der Waals surface area contributed by atoms with Crippen molar-refractivity contribution in [2.75, 3.05) is 9.80 Å². The van der Waals surface area contributed by atoms with Gasteiger partial charge in [0.15, 0.2) is 0 Å². The molecule has 0 radical (unpaired) electrons. The molecule has 2 aliphatic rings. The number of hydrogen-bond donors (Lipinski definition) is 0. The van der Waals surface area contributed by atoms with Crippen LogP contribution in [0.15, 0.2) is 194 Å². The van der Waals surface area contributed by atoms with Crippen molar-refractivity contribution >= 4 is 57.2 Å². The van der Waals surface area contributed by atoms with E-state index in [1.54, 1.807) is 0 Å². The number of anilines is 6. The highest BCUT2D eigenvalue weighted by Crippen LogP contribution is 2.45. The fraction of sp³-hybridized carbons (Fsp3) is 0.0204. The number of nitrogens with zero attached hydrogens (tertiary/aromatic N) is 2. The third-order valence-electron chi connectivity index (χ3n) is 10.7. The van der Waals surface area contributed by atoms with Crippen LogP contribution >= 0.6 is 0 Å². The summed E-state index contributed by atoms with van der Waals surface area (Å²) in [7, 11) is 0. The molecule has 10 rings (SSSR count). The van der Waals surface area contributed by atoms with E-state index in [-0.39, 0.29) is 6.71 Å². The molecular weight excluding hydrogens is 627 g/mol. The molecule has 0 fully saturated rings. The van der Waals surface area contributed by atoms with E-state index in [1.165, 1.54) is 78.1 Å². The van der Waals surface area contributed by atoms with Gasteiger partial charge in [0.25, 0.3) is 6.71 Å². The number of aryl methyl sites for hydroxylation is 1. The minimum Gasteiger partial charge on any atom is -0.311 e. The average Bonchev–Trinajstić information content (AvgIpc) is 3.21. The summed E-state index contributed by atoms with van der Waals surface area (Å²) in [6, 6.07) is 71.1. The number of benzene rings is 8. The monoisotopic (exact) mass is 662 g/mol. The molecule has 52 heavy (non-hydrogen) atoms. The van der Waals surface area contributed by atoms with Gasteiger partial charge in [0.1, 0.15) is 0 Å². The summed E-state index contributed by atoms with van der Waals surface area (Å²) in [5.74, 6) is 0. The number of hydrogen-bond acceptors (Lipinski definition) is 2.